The molecule has 0 unspecified atom stereocenters. The summed E-state index contributed by atoms with van der Waals surface area (Å²) in [7, 11) is 1.98. The summed E-state index contributed by atoms with van der Waals surface area (Å²) in [5, 5.41) is 3.24. The first kappa shape index (κ1) is 16.0. The molecule has 21 heavy (non-hydrogen) atoms. The predicted molar refractivity (Wildman–Crippen MR) is 87.4 cm³/mol. The lowest BCUT2D eigenvalue weighted by molar-refractivity contribution is -0.138. The van der Waals surface area contributed by atoms with Gasteiger partial charge in [0.25, 0.3) is 0 Å². The molecule has 116 valence electrons. The second-order valence-electron chi connectivity index (χ2n) is 6.76. The third kappa shape index (κ3) is 3.46. The zero-order chi connectivity index (χ0) is 15.5. The zero-order valence-corrected chi connectivity index (χ0v) is 13.8. The summed E-state index contributed by atoms with van der Waals surface area (Å²) in [6.45, 7) is 8.97. The number of benzene rings is 1. The Morgan fingerprint density at radius 1 is 1.38 bits per heavy atom. The van der Waals surface area contributed by atoms with Crippen LogP contribution in [-0.4, -0.2) is 37.5 Å². The van der Waals surface area contributed by atoms with Crippen molar-refractivity contribution in [2.75, 3.05) is 26.7 Å². The summed E-state index contributed by atoms with van der Waals surface area (Å²) in [4.78, 5) is 15.1. The van der Waals surface area contributed by atoms with Crippen molar-refractivity contribution in [1.29, 1.82) is 0 Å². The Hall–Kier alpha value is -1.35. The highest BCUT2D eigenvalue weighted by Crippen LogP contribution is 2.30. The van der Waals surface area contributed by atoms with Gasteiger partial charge in [0.2, 0.25) is 5.91 Å². The fourth-order valence-corrected chi connectivity index (χ4v) is 3.49. The quantitative estimate of drug-likeness (QED) is 0.924. The van der Waals surface area contributed by atoms with Crippen molar-refractivity contribution in [1.82, 2.24) is 10.2 Å². The van der Waals surface area contributed by atoms with Crippen molar-refractivity contribution in [3.05, 3.63) is 35.4 Å². The molecule has 0 spiro atoms. The molecular weight excluding hydrogens is 260 g/mol. The van der Waals surface area contributed by atoms with Crippen molar-refractivity contribution < 1.29 is 4.79 Å². The molecule has 1 aromatic rings. The van der Waals surface area contributed by atoms with Gasteiger partial charge in [-0.25, -0.2) is 0 Å². The number of likely N-dealkylation sites (tertiary alicyclic amines) is 1. The van der Waals surface area contributed by atoms with E-state index < -0.39 is 5.41 Å². The highest BCUT2D eigenvalue weighted by molar-refractivity contribution is 5.87. The van der Waals surface area contributed by atoms with Gasteiger partial charge < -0.3 is 10.2 Å². The minimum absolute atomic E-state index is 0.262. The van der Waals surface area contributed by atoms with Crippen molar-refractivity contribution in [3.8, 4) is 0 Å². The van der Waals surface area contributed by atoms with Crippen molar-refractivity contribution in [2.45, 2.75) is 39.0 Å². The third-order valence-electron chi connectivity index (χ3n) is 4.65. The van der Waals surface area contributed by atoms with Crippen LogP contribution in [0.2, 0.25) is 0 Å². The Balaban J connectivity index is 2.16. The summed E-state index contributed by atoms with van der Waals surface area (Å²) in [6.07, 6.45) is 2.33. The molecule has 0 bridgehead atoms. The Bertz CT molecular complexity index is 494. The van der Waals surface area contributed by atoms with Gasteiger partial charge in [-0.05, 0) is 64.3 Å². The van der Waals surface area contributed by atoms with Crippen molar-refractivity contribution >= 4 is 5.91 Å². The smallest absolute Gasteiger partial charge is 0.232 e. The van der Waals surface area contributed by atoms with Crippen molar-refractivity contribution in [3.63, 3.8) is 0 Å². The first-order valence-corrected chi connectivity index (χ1v) is 7.97. The Morgan fingerprint density at radius 3 is 2.76 bits per heavy atom. The maximum Gasteiger partial charge on any atom is 0.232 e. The normalized spacial score (nSPS) is 19.6. The lowest BCUT2D eigenvalue weighted by Crippen LogP contribution is -2.49. The lowest BCUT2D eigenvalue weighted by atomic mass is 9.80. The number of aryl methyl sites for hydroxylation is 1. The highest BCUT2D eigenvalue weighted by atomic mass is 16.2. The molecule has 1 fully saturated rings. The van der Waals surface area contributed by atoms with E-state index in [1.54, 1.807) is 0 Å². The molecule has 0 saturated carbocycles. The second kappa shape index (κ2) is 6.61. The van der Waals surface area contributed by atoms with E-state index in [2.05, 4.69) is 43.1 Å². The van der Waals surface area contributed by atoms with Gasteiger partial charge >= 0.3 is 0 Å². The van der Waals surface area contributed by atoms with Crippen LogP contribution < -0.4 is 5.32 Å². The van der Waals surface area contributed by atoms with Crippen LogP contribution in [-0.2, 0) is 10.2 Å². The molecule has 1 heterocycles. The molecule has 1 atom stereocenters. The number of piperidine rings is 1. The standard InChI is InChI=1S/C18H28N2O/c1-14-8-5-6-10-16(14)18(2,3)17(21)20-11-7-9-15(13-20)12-19-4/h5-6,8,10,15,19H,7,9,11-13H2,1-4H3/t15-/m0/s1. The molecule has 1 aliphatic rings. The fourth-order valence-electron chi connectivity index (χ4n) is 3.49. The Morgan fingerprint density at radius 2 is 2.10 bits per heavy atom. The van der Waals surface area contributed by atoms with E-state index in [-0.39, 0.29) is 5.91 Å². The molecular formula is C18H28N2O. The van der Waals surface area contributed by atoms with Crippen LogP contribution in [0.25, 0.3) is 0 Å². The summed E-state index contributed by atoms with van der Waals surface area (Å²) in [5.41, 5.74) is 1.89. The van der Waals surface area contributed by atoms with Crippen LogP contribution in [0.15, 0.2) is 24.3 Å². The van der Waals surface area contributed by atoms with E-state index >= 15 is 0 Å². The minimum atomic E-state index is -0.452. The van der Waals surface area contributed by atoms with Gasteiger partial charge in [0.05, 0.1) is 5.41 Å². The Kier molecular flexibility index (Phi) is 5.04. The van der Waals surface area contributed by atoms with Gasteiger partial charge in [-0.3, -0.25) is 4.79 Å². The topological polar surface area (TPSA) is 32.3 Å². The number of hydrogen-bond donors (Lipinski definition) is 1. The van der Waals surface area contributed by atoms with Gasteiger partial charge in [0.15, 0.2) is 0 Å². The zero-order valence-electron chi connectivity index (χ0n) is 13.8. The van der Waals surface area contributed by atoms with Gasteiger partial charge in [-0.2, -0.15) is 0 Å². The fraction of sp³-hybridized carbons (Fsp3) is 0.611. The molecule has 1 N–H and O–H groups in total. The van der Waals surface area contributed by atoms with Crippen LogP contribution in [0.1, 0.15) is 37.8 Å². The first-order valence-electron chi connectivity index (χ1n) is 7.97. The minimum Gasteiger partial charge on any atom is -0.342 e. The van der Waals surface area contributed by atoms with E-state index in [9.17, 15) is 4.79 Å². The Labute approximate surface area is 128 Å². The van der Waals surface area contributed by atoms with E-state index in [4.69, 9.17) is 0 Å². The molecule has 2 rings (SSSR count). The maximum absolute atomic E-state index is 13.0. The maximum atomic E-state index is 13.0. The van der Waals surface area contributed by atoms with Crippen molar-refractivity contribution in [2.24, 2.45) is 5.92 Å². The number of nitrogens with one attached hydrogen (secondary N) is 1. The van der Waals surface area contributed by atoms with E-state index in [0.29, 0.717) is 5.92 Å². The van der Waals surface area contributed by atoms with Gasteiger partial charge in [-0.1, -0.05) is 24.3 Å². The molecule has 1 saturated heterocycles. The summed E-state index contributed by atoms with van der Waals surface area (Å²) < 4.78 is 0. The molecule has 1 aromatic carbocycles. The molecule has 3 nitrogen and oxygen atoms in total. The van der Waals surface area contributed by atoms with Crippen LogP contribution >= 0.6 is 0 Å². The SMILES string of the molecule is CNC[C@@H]1CCCN(C(=O)C(C)(C)c2ccccc2C)C1. The molecule has 0 aromatic heterocycles. The number of carbonyl (C=O) groups excluding carboxylic acids is 1. The monoisotopic (exact) mass is 288 g/mol. The van der Waals surface area contributed by atoms with Crippen LogP contribution in [0, 0.1) is 12.8 Å². The summed E-state index contributed by atoms with van der Waals surface area (Å²) >= 11 is 0. The van der Waals surface area contributed by atoms with Gasteiger partial charge in [0, 0.05) is 13.1 Å². The number of nitrogens with zero attached hydrogens (tertiary/aromatic N) is 1. The van der Waals surface area contributed by atoms with Crippen LogP contribution in [0.4, 0.5) is 0 Å². The predicted octanol–water partition coefficient (Wildman–Crippen LogP) is 2.73. The molecule has 3 heteroatoms. The molecule has 0 aliphatic carbocycles. The van der Waals surface area contributed by atoms with E-state index in [1.165, 1.54) is 12.0 Å². The highest BCUT2D eigenvalue weighted by Gasteiger charge is 2.36. The molecule has 0 radical (unpaired) electrons. The van der Waals surface area contributed by atoms with E-state index in [0.717, 1.165) is 31.6 Å². The van der Waals surface area contributed by atoms with Crippen LogP contribution in [0.3, 0.4) is 0 Å². The average molecular weight is 288 g/mol. The average Bonchev–Trinajstić information content (AvgIpc) is 2.47. The second-order valence-corrected chi connectivity index (χ2v) is 6.76. The largest absolute Gasteiger partial charge is 0.342 e. The summed E-state index contributed by atoms with van der Waals surface area (Å²) in [6, 6.07) is 8.23. The van der Waals surface area contributed by atoms with Gasteiger partial charge in [-0.15, -0.1) is 0 Å². The summed E-state index contributed by atoms with van der Waals surface area (Å²) in [5.74, 6) is 0.845. The first-order chi connectivity index (χ1) is 9.96. The number of amides is 1. The lowest BCUT2D eigenvalue weighted by Gasteiger charge is -2.38. The third-order valence-corrected chi connectivity index (χ3v) is 4.65. The van der Waals surface area contributed by atoms with Gasteiger partial charge in [0.1, 0.15) is 0 Å². The molecule has 1 aliphatic heterocycles. The number of rotatable bonds is 4. The number of carbonyl (C=O) groups is 1. The van der Waals surface area contributed by atoms with Crippen LogP contribution in [0.5, 0.6) is 0 Å². The molecule has 1 amide bonds. The van der Waals surface area contributed by atoms with E-state index in [1.807, 2.05) is 19.2 Å². The number of hydrogen-bond acceptors (Lipinski definition) is 2.